The van der Waals surface area contributed by atoms with Gasteiger partial charge in [-0.1, -0.05) is 5.16 Å². The van der Waals surface area contributed by atoms with Crippen LogP contribution in [-0.2, 0) is 4.74 Å². The maximum atomic E-state index is 12.1. The summed E-state index contributed by atoms with van der Waals surface area (Å²) < 4.78 is 11.2. The third kappa shape index (κ3) is 3.00. The number of carbonyl (C=O) groups is 1. The number of anilines is 1. The van der Waals surface area contributed by atoms with Gasteiger partial charge < -0.3 is 24.2 Å². The maximum absolute atomic E-state index is 12.1. The van der Waals surface area contributed by atoms with Crippen molar-refractivity contribution in [1.29, 1.82) is 0 Å². The fraction of sp³-hybridized carbons (Fsp3) is 0.375. The molecule has 2 heterocycles. The Morgan fingerprint density at radius 3 is 2.65 bits per heavy atom. The molecule has 0 bridgehead atoms. The molecule has 0 unspecified atom stereocenters. The van der Waals surface area contributed by atoms with Crippen LogP contribution in [0.2, 0.25) is 0 Å². The van der Waals surface area contributed by atoms with E-state index in [1.54, 1.807) is 38.4 Å². The Morgan fingerprint density at radius 2 is 2.00 bits per heavy atom. The predicted octanol–water partition coefficient (Wildman–Crippen LogP) is 1.26. The van der Waals surface area contributed by atoms with Gasteiger partial charge in [-0.3, -0.25) is 4.79 Å². The highest BCUT2D eigenvalue weighted by Crippen LogP contribution is 2.21. The van der Waals surface area contributed by atoms with Crippen LogP contribution in [0.3, 0.4) is 0 Å². The zero-order chi connectivity index (χ0) is 16.4. The van der Waals surface area contributed by atoms with E-state index in [9.17, 15) is 10.0 Å². The Kier molecular flexibility index (Phi) is 4.20. The van der Waals surface area contributed by atoms with Gasteiger partial charge >= 0.3 is 0 Å². The molecule has 2 aromatic rings. The monoisotopic (exact) mass is 317 g/mol. The molecule has 1 aromatic carbocycles. The van der Waals surface area contributed by atoms with E-state index >= 15 is 0 Å². The van der Waals surface area contributed by atoms with Gasteiger partial charge in [-0.15, -0.1) is 0 Å². The summed E-state index contributed by atoms with van der Waals surface area (Å²) >= 11 is 0. The Bertz CT molecular complexity index is 792. The van der Waals surface area contributed by atoms with Crippen molar-refractivity contribution in [2.45, 2.75) is 0 Å². The van der Waals surface area contributed by atoms with Crippen molar-refractivity contribution in [2.24, 2.45) is 5.16 Å². The van der Waals surface area contributed by atoms with Crippen LogP contribution in [0.15, 0.2) is 33.8 Å². The topological polar surface area (TPSA) is 78.5 Å². The number of benzene rings is 1. The number of hydrogen-bond acceptors (Lipinski definition) is 6. The van der Waals surface area contributed by atoms with Crippen molar-refractivity contribution >= 4 is 22.8 Å². The summed E-state index contributed by atoms with van der Waals surface area (Å²) in [7, 11) is 3.38. The number of rotatable bonds is 2. The number of carbonyl (C=O) groups excluding carboxylic acids is 1. The Balaban J connectivity index is 2.09. The van der Waals surface area contributed by atoms with Crippen molar-refractivity contribution in [3.63, 3.8) is 0 Å². The van der Waals surface area contributed by atoms with E-state index in [1.165, 1.54) is 4.90 Å². The molecule has 0 radical (unpaired) electrons. The molecule has 122 valence electrons. The number of fused-ring (bicyclic) bond motifs is 1. The molecule has 1 aromatic heterocycles. The molecule has 3 rings (SSSR count). The SMILES string of the molecule is CN(C)C(=O)c1ccc2oc(N3CCOCC3)cc(=NO)c2c1. The summed E-state index contributed by atoms with van der Waals surface area (Å²) in [6, 6.07) is 6.79. The molecule has 1 fully saturated rings. The van der Waals surface area contributed by atoms with Gasteiger partial charge in [-0.2, -0.15) is 0 Å². The summed E-state index contributed by atoms with van der Waals surface area (Å²) in [6.07, 6.45) is 0. The summed E-state index contributed by atoms with van der Waals surface area (Å²) in [6.45, 7) is 2.71. The molecule has 7 heteroatoms. The molecule has 7 nitrogen and oxygen atoms in total. The molecular weight excluding hydrogens is 298 g/mol. The quantitative estimate of drug-likeness (QED) is 0.666. The fourth-order valence-corrected chi connectivity index (χ4v) is 2.57. The smallest absolute Gasteiger partial charge is 0.253 e. The molecule has 1 N–H and O–H groups in total. The number of amides is 1. The predicted molar refractivity (Wildman–Crippen MR) is 84.6 cm³/mol. The van der Waals surface area contributed by atoms with Crippen LogP contribution in [0.25, 0.3) is 11.0 Å². The first-order valence-electron chi connectivity index (χ1n) is 7.40. The largest absolute Gasteiger partial charge is 0.440 e. The molecule has 1 aliphatic rings. The second kappa shape index (κ2) is 6.29. The van der Waals surface area contributed by atoms with Crippen molar-refractivity contribution < 1.29 is 19.2 Å². The molecule has 0 saturated carbocycles. The van der Waals surface area contributed by atoms with Gasteiger partial charge in [0.1, 0.15) is 10.9 Å². The van der Waals surface area contributed by atoms with Gasteiger partial charge in [0, 0.05) is 44.2 Å². The Hall–Kier alpha value is -2.54. The lowest BCUT2D eigenvalue weighted by Gasteiger charge is -2.27. The average molecular weight is 317 g/mol. The molecule has 23 heavy (non-hydrogen) atoms. The van der Waals surface area contributed by atoms with E-state index in [0.717, 1.165) is 13.1 Å². The zero-order valence-corrected chi connectivity index (χ0v) is 13.2. The van der Waals surface area contributed by atoms with Crippen LogP contribution in [0.4, 0.5) is 5.88 Å². The Labute approximate surface area is 133 Å². The number of nitrogens with zero attached hydrogens (tertiary/aromatic N) is 3. The van der Waals surface area contributed by atoms with Gasteiger partial charge in [0.2, 0.25) is 0 Å². The lowest BCUT2D eigenvalue weighted by Crippen LogP contribution is -2.36. The van der Waals surface area contributed by atoms with Crippen LogP contribution in [-0.4, -0.2) is 56.4 Å². The van der Waals surface area contributed by atoms with Crippen LogP contribution in [0.1, 0.15) is 10.4 Å². The van der Waals surface area contributed by atoms with Crippen molar-refractivity contribution in [1.82, 2.24) is 4.90 Å². The van der Waals surface area contributed by atoms with E-state index in [-0.39, 0.29) is 5.91 Å². The second-order valence-electron chi connectivity index (χ2n) is 5.58. The third-order valence-corrected chi connectivity index (χ3v) is 3.81. The molecule has 1 saturated heterocycles. The first-order chi connectivity index (χ1) is 11.1. The minimum absolute atomic E-state index is 0.118. The van der Waals surface area contributed by atoms with Gasteiger partial charge in [0.25, 0.3) is 5.91 Å². The average Bonchev–Trinajstić information content (AvgIpc) is 2.60. The van der Waals surface area contributed by atoms with E-state index < -0.39 is 0 Å². The highest BCUT2D eigenvalue weighted by molar-refractivity contribution is 5.97. The maximum Gasteiger partial charge on any atom is 0.253 e. The molecule has 0 aliphatic carbocycles. The molecule has 1 amide bonds. The van der Waals surface area contributed by atoms with E-state index in [4.69, 9.17) is 9.15 Å². The van der Waals surface area contributed by atoms with Crippen LogP contribution in [0.5, 0.6) is 0 Å². The number of morpholine rings is 1. The van der Waals surface area contributed by atoms with Crippen molar-refractivity contribution in [3.05, 3.63) is 35.2 Å². The number of ether oxygens (including phenoxy) is 1. The lowest BCUT2D eigenvalue weighted by atomic mass is 10.1. The fourth-order valence-electron chi connectivity index (χ4n) is 2.57. The van der Waals surface area contributed by atoms with Gasteiger partial charge in [-0.25, -0.2) is 0 Å². The minimum atomic E-state index is -0.118. The van der Waals surface area contributed by atoms with E-state index in [0.29, 0.717) is 41.0 Å². The standard InChI is InChI=1S/C16H19N3O4/c1-18(2)16(20)11-3-4-14-12(9-11)13(17-21)10-15(23-14)19-5-7-22-8-6-19/h3-4,9-10,21H,5-8H2,1-2H3. The summed E-state index contributed by atoms with van der Waals surface area (Å²) in [4.78, 5) is 15.6. The van der Waals surface area contributed by atoms with Crippen LogP contribution < -0.4 is 10.3 Å². The third-order valence-electron chi connectivity index (χ3n) is 3.81. The Morgan fingerprint density at radius 1 is 1.26 bits per heavy atom. The van der Waals surface area contributed by atoms with Crippen molar-refractivity contribution in [3.8, 4) is 0 Å². The van der Waals surface area contributed by atoms with Gasteiger partial charge in [-0.05, 0) is 18.2 Å². The highest BCUT2D eigenvalue weighted by atomic mass is 16.5. The van der Waals surface area contributed by atoms with E-state index in [1.807, 2.05) is 4.90 Å². The van der Waals surface area contributed by atoms with Crippen LogP contribution in [0, 0.1) is 0 Å². The first kappa shape index (κ1) is 15.4. The van der Waals surface area contributed by atoms with Gasteiger partial charge in [0.15, 0.2) is 5.88 Å². The van der Waals surface area contributed by atoms with Crippen LogP contribution >= 0.6 is 0 Å². The summed E-state index contributed by atoms with van der Waals surface area (Å²) in [5, 5.41) is 13.7. The van der Waals surface area contributed by atoms with E-state index in [2.05, 4.69) is 5.16 Å². The highest BCUT2D eigenvalue weighted by Gasteiger charge is 2.16. The normalized spacial score (nSPS) is 15.9. The molecular formula is C16H19N3O4. The summed E-state index contributed by atoms with van der Waals surface area (Å²) in [5.41, 5.74) is 1.08. The molecule has 0 spiro atoms. The first-order valence-corrected chi connectivity index (χ1v) is 7.40. The molecule has 1 aliphatic heterocycles. The molecule has 0 atom stereocenters. The summed E-state index contributed by atoms with van der Waals surface area (Å²) in [5.74, 6) is 0.508. The number of hydrogen-bond donors (Lipinski definition) is 1. The second-order valence-corrected chi connectivity index (χ2v) is 5.58. The van der Waals surface area contributed by atoms with Gasteiger partial charge in [0.05, 0.1) is 13.2 Å². The van der Waals surface area contributed by atoms with Crippen molar-refractivity contribution in [2.75, 3.05) is 45.3 Å². The minimum Gasteiger partial charge on any atom is -0.440 e. The zero-order valence-electron chi connectivity index (χ0n) is 13.2. The lowest BCUT2D eigenvalue weighted by molar-refractivity contribution is 0.0827.